The number of aromatic amines is 2. The molecule has 0 aliphatic heterocycles. The van der Waals surface area contributed by atoms with Crippen LogP contribution in [0.3, 0.4) is 0 Å². The lowest BCUT2D eigenvalue weighted by Crippen LogP contribution is -2.14. The van der Waals surface area contributed by atoms with Crippen LogP contribution in [0.4, 0.5) is 37.7 Å². The highest BCUT2D eigenvalue weighted by molar-refractivity contribution is 14.1. The molecule has 0 atom stereocenters. The maximum Gasteiger partial charge on any atom is 0.416 e. The predicted molar refractivity (Wildman–Crippen MR) is 262 cm³/mol. The van der Waals surface area contributed by atoms with Crippen LogP contribution in [0.5, 0.6) is 0 Å². The van der Waals surface area contributed by atoms with Crippen LogP contribution in [0.15, 0.2) is 131 Å². The first-order chi connectivity index (χ1) is 32.5. The molecule has 0 saturated carbocycles. The number of terminal acetylenes is 1. The topological polar surface area (TPSA) is 150 Å². The van der Waals surface area contributed by atoms with E-state index in [1.54, 1.807) is 67.0 Å². The number of halogens is 7. The molecule has 17 heteroatoms. The van der Waals surface area contributed by atoms with Crippen molar-refractivity contribution in [2.75, 3.05) is 10.6 Å². The number of aromatic nitrogens is 4. The Morgan fingerprint density at radius 1 is 0.580 bits per heavy atom. The molecule has 69 heavy (non-hydrogen) atoms. The average Bonchev–Trinajstić information content (AvgIpc) is 3.29. The van der Waals surface area contributed by atoms with Crippen LogP contribution < -0.4 is 21.8 Å². The molecule has 4 N–H and O–H groups in total. The first-order valence-corrected chi connectivity index (χ1v) is 21.5. The molecule has 0 unspecified atom stereocenters. The number of H-pyrrole nitrogens is 2. The third-order valence-electron chi connectivity index (χ3n) is 9.91. The normalized spacial score (nSPS) is 10.9. The van der Waals surface area contributed by atoms with Gasteiger partial charge in [0.1, 0.15) is 11.3 Å². The second kappa shape index (κ2) is 21.3. The molecule has 2 amide bonds. The fourth-order valence-corrected chi connectivity index (χ4v) is 6.94. The van der Waals surface area contributed by atoms with Crippen molar-refractivity contribution in [2.45, 2.75) is 40.0 Å². The van der Waals surface area contributed by atoms with E-state index in [0.717, 1.165) is 49.7 Å². The Labute approximate surface area is 403 Å². The van der Waals surface area contributed by atoms with Crippen molar-refractivity contribution in [1.29, 1.82) is 0 Å². The largest absolute Gasteiger partial charge is 0.416 e. The van der Waals surface area contributed by atoms with Gasteiger partial charge in [0.15, 0.2) is 0 Å². The van der Waals surface area contributed by atoms with E-state index < -0.39 is 35.3 Å². The average molecular weight is 1050 g/mol. The lowest BCUT2D eigenvalue weighted by molar-refractivity contribution is -0.138. The lowest BCUT2D eigenvalue weighted by atomic mass is 10.0. The Bertz CT molecular complexity index is 3510. The van der Waals surface area contributed by atoms with E-state index in [4.69, 9.17) is 6.42 Å². The van der Waals surface area contributed by atoms with Gasteiger partial charge in [-0.25, -0.2) is 9.97 Å². The highest BCUT2D eigenvalue weighted by Gasteiger charge is 2.32. The van der Waals surface area contributed by atoms with Crippen molar-refractivity contribution in [3.63, 3.8) is 0 Å². The van der Waals surface area contributed by atoms with E-state index in [0.29, 0.717) is 50.5 Å². The van der Waals surface area contributed by atoms with Gasteiger partial charge in [0.25, 0.3) is 11.8 Å². The van der Waals surface area contributed by atoms with Gasteiger partial charge in [-0.2, -0.15) is 26.3 Å². The number of aryl methyl sites for hydroxylation is 4. The molecule has 0 radical (unpaired) electrons. The number of carbonyl (C=O) groups excluding carboxylic acids is 2. The third kappa shape index (κ3) is 13.8. The zero-order chi connectivity index (χ0) is 50.2. The summed E-state index contributed by atoms with van der Waals surface area (Å²) in [7, 11) is 0. The van der Waals surface area contributed by atoms with Crippen LogP contribution in [0.25, 0.3) is 22.1 Å². The molecule has 0 aliphatic carbocycles. The predicted octanol–water partition coefficient (Wildman–Crippen LogP) is 11.3. The van der Waals surface area contributed by atoms with Crippen molar-refractivity contribution in [2.24, 2.45) is 0 Å². The van der Waals surface area contributed by atoms with Crippen molar-refractivity contribution in [3.05, 3.63) is 207 Å². The zero-order valence-electron chi connectivity index (χ0n) is 36.8. The lowest BCUT2D eigenvalue weighted by Gasteiger charge is -2.11. The van der Waals surface area contributed by atoms with Gasteiger partial charge in [-0.3, -0.25) is 19.2 Å². The number of anilines is 2. The molecule has 8 aromatic rings. The standard InChI is InChI=1S/C26H18F3N3O2.C16H13F3INO.C10H6N2O/c1-15-9-20(12-21(10-15)26(27,28)29)25(34)31-22-7-3-16(2)18(13-22)5-4-17-11-19-6-8-23(33)32-24(19)30-14-17;1-9-5-11(7-12(6-9)16(17,18)19)15(22)21-13-4-3-10(2)14(20)8-13;1-2-7-5-8-3-4-9(13)12-10(8)11-6-7/h3,6-14H,1-2H3,(H,31,34)(H,30,32,33);3-8H,1-2H3,(H,21,22);1,3-6H,(H,11,12,13). The van der Waals surface area contributed by atoms with Crippen molar-refractivity contribution in [1.82, 2.24) is 19.9 Å². The number of carbonyl (C=O) groups is 2. The second-order valence-electron chi connectivity index (χ2n) is 15.4. The van der Waals surface area contributed by atoms with E-state index in [1.807, 2.05) is 19.9 Å². The Kier molecular flexibility index (Phi) is 15.5. The minimum atomic E-state index is -4.54. The maximum absolute atomic E-state index is 13.1. The second-order valence-corrected chi connectivity index (χ2v) is 16.6. The first kappa shape index (κ1) is 50.4. The van der Waals surface area contributed by atoms with E-state index in [1.165, 1.54) is 38.1 Å². The minimum Gasteiger partial charge on any atom is -0.322 e. The number of rotatable bonds is 4. The minimum absolute atomic E-state index is 0.0112. The number of benzene rings is 4. The summed E-state index contributed by atoms with van der Waals surface area (Å²) in [6.45, 7) is 6.82. The number of hydrogen-bond acceptors (Lipinski definition) is 6. The van der Waals surface area contributed by atoms with Gasteiger partial charge in [-0.1, -0.05) is 29.9 Å². The Morgan fingerprint density at radius 2 is 1.04 bits per heavy atom. The fraction of sp³-hybridized carbons (Fsp3) is 0.115. The van der Waals surface area contributed by atoms with E-state index in [9.17, 15) is 45.5 Å². The number of nitrogens with one attached hydrogen (secondary N) is 4. The van der Waals surface area contributed by atoms with Crippen LogP contribution in [-0.4, -0.2) is 31.8 Å². The summed E-state index contributed by atoms with van der Waals surface area (Å²) in [4.78, 5) is 60.5. The molecule has 0 saturated heterocycles. The molecule has 4 heterocycles. The van der Waals surface area contributed by atoms with E-state index >= 15 is 0 Å². The Hall–Kier alpha value is -8.03. The summed E-state index contributed by atoms with van der Waals surface area (Å²) < 4.78 is 78.7. The van der Waals surface area contributed by atoms with Gasteiger partial charge < -0.3 is 20.6 Å². The molecule has 0 spiro atoms. The molecule has 8 rings (SSSR count). The molecule has 4 aromatic heterocycles. The van der Waals surface area contributed by atoms with Gasteiger partial charge in [0.2, 0.25) is 11.1 Å². The van der Waals surface area contributed by atoms with Crippen LogP contribution >= 0.6 is 22.6 Å². The number of alkyl halides is 6. The van der Waals surface area contributed by atoms with Crippen LogP contribution in [0.2, 0.25) is 0 Å². The SMILES string of the molecule is C#Cc1cnc2[nH]c(=O)ccc2c1.Cc1cc(C(=O)Nc2ccc(C)c(C#Cc3cnc4[nH]c(=O)ccc4c3)c2)cc(C(F)(F)F)c1.Cc1cc(C(=O)Nc2ccc(C)c(I)c2)cc(C(F)(F)F)c1. The third-order valence-corrected chi connectivity index (χ3v) is 11.1. The molecule has 0 bridgehead atoms. The monoisotopic (exact) mass is 1050 g/mol. The maximum atomic E-state index is 13.1. The molecule has 4 aromatic carbocycles. The van der Waals surface area contributed by atoms with Crippen LogP contribution in [0, 0.1) is 55.4 Å². The molecule has 0 aliphatic rings. The van der Waals surface area contributed by atoms with Gasteiger partial charge in [-0.05, 0) is 157 Å². The Balaban J connectivity index is 0.000000190. The van der Waals surface area contributed by atoms with Crippen LogP contribution in [0.1, 0.15) is 70.8 Å². The van der Waals surface area contributed by atoms with E-state index in [2.05, 4.69) is 70.9 Å². The highest BCUT2D eigenvalue weighted by Crippen LogP contribution is 2.32. The van der Waals surface area contributed by atoms with Gasteiger partial charge in [-0.15, -0.1) is 6.42 Å². The molecule has 0 fully saturated rings. The summed E-state index contributed by atoms with van der Waals surface area (Å²) in [5.41, 5.74) is 4.42. The summed E-state index contributed by atoms with van der Waals surface area (Å²) in [5.74, 6) is 7.31. The number of hydrogen-bond donors (Lipinski definition) is 4. The molecular formula is C52H37F6IN6O4. The number of pyridine rings is 4. The molecule has 348 valence electrons. The van der Waals surface area contributed by atoms with Crippen molar-refractivity contribution in [3.8, 4) is 24.2 Å². The van der Waals surface area contributed by atoms with Crippen molar-refractivity contribution < 1.29 is 35.9 Å². The van der Waals surface area contributed by atoms with E-state index in [-0.39, 0.29) is 22.2 Å². The number of fused-ring (bicyclic) bond motifs is 2. The number of nitrogens with zero attached hydrogens (tertiary/aromatic N) is 2. The van der Waals surface area contributed by atoms with Crippen LogP contribution in [-0.2, 0) is 12.4 Å². The quantitative estimate of drug-likeness (QED) is 0.0783. The summed E-state index contributed by atoms with van der Waals surface area (Å²) >= 11 is 2.13. The van der Waals surface area contributed by atoms with Gasteiger partial charge in [0.05, 0.1) is 11.1 Å². The summed E-state index contributed by atoms with van der Waals surface area (Å²) in [6.07, 6.45) is -0.707. The first-order valence-electron chi connectivity index (χ1n) is 20.4. The number of amides is 2. The van der Waals surface area contributed by atoms with Crippen molar-refractivity contribution >= 4 is 67.8 Å². The smallest absolute Gasteiger partial charge is 0.322 e. The Morgan fingerprint density at radius 3 is 1.52 bits per heavy atom. The molecular weight excluding hydrogens is 1010 g/mol. The summed E-state index contributed by atoms with van der Waals surface area (Å²) in [6, 6.07) is 26.8. The van der Waals surface area contributed by atoms with Gasteiger partial charge in [0, 0.05) is 78.1 Å². The zero-order valence-corrected chi connectivity index (χ0v) is 39.0. The highest BCUT2D eigenvalue weighted by atomic mass is 127. The fourth-order valence-electron chi connectivity index (χ4n) is 6.43. The van der Waals surface area contributed by atoms with Gasteiger partial charge >= 0.3 is 12.4 Å². The summed E-state index contributed by atoms with van der Waals surface area (Å²) in [5, 5.41) is 6.84. The molecule has 10 nitrogen and oxygen atoms in total.